The number of hydrogen-bond acceptors (Lipinski definition) is 3. The number of amides is 1. The third-order valence-electron chi connectivity index (χ3n) is 4.19. The smallest absolute Gasteiger partial charge is 0.256 e. The highest BCUT2D eigenvalue weighted by Gasteiger charge is 2.17. The summed E-state index contributed by atoms with van der Waals surface area (Å²) < 4.78 is 0. The predicted octanol–water partition coefficient (Wildman–Crippen LogP) is 4.88. The molecule has 1 fully saturated rings. The molecule has 0 saturated carbocycles. The first-order valence-corrected chi connectivity index (χ1v) is 8.76. The summed E-state index contributed by atoms with van der Waals surface area (Å²) in [5.41, 5.74) is 1.54. The molecular formula is C18H19Cl2N3O. The van der Waals surface area contributed by atoms with Gasteiger partial charge in [-0.25, -0.2) is 4.98 Å². The van der Waals surface area contributed by atoms with Gasteiger partial charge in [0.2, 0.25) is 0 Å². The molecule has 1 saturated heterocycles. The summed E-state index contributed by atoms with van der Waals surface area (Å²) in [5, 5.41) is 3.55. The third-order valence-corrected chi connectivity index (χ3v) is 4.93. The number of rotatable bonds is 3. The van der Waals surface area contributed by atoms with Crippen LogP contribution in [-0.2, 0) is 0 Å². The molecule has 1 atom stereocenters. The van der Waals surface area contributed by atoms with Gasteiger partial charge in [0, 0.05) is 18.7 Å². The fourth-order valence-electron chi connectivity index (χ4n) is 2.90. The number of carbonyl (C=O) groups excluding carboxylic acids is 1. The first kappa shape index (κ1) is 17.1. The second kappa shape index (κ2) is 7.41. The Balaban J connectivity index is 1.67. The Hall–Kier alpha value is -1.78. The highest BCUT2D eigenvalue weighted by Crippen LogP contribution is 2.24. The summed E-state index contributed by atoms with van der Waals surface area (Å²) in [6, 6.07) is 8.60. The largest absolute Gasteiger partial charge is 0.370 e. The van der Waals surface area contributed by atoms with Gasteiger partial charge in [-0.15, -0.1) is 0 Å². The molecule has 1 N–H and O–H groups in total. The monoisotopic (exact) mass is 363 g/mol. The van der Waals surface area contributed by atoms with E-state index >= 15 is 0 Å². The maximum absolute atomic E-state index is 12.2. The maximum atomic E-state index is 12.2. The number of nitrogens with one attached hydrogen (secondary N) is 1. The summed E-state index contributed by atoms with van der Waals surface area (Å²) in [6.07, 6.45) is 4.29. The van der Waals surface area contributed by atoms with Crippen molar-refractivity contribution >= 4 is 40.6 Å². The molecule has 0 spiro atoms. The Kier molecular flexibility index (Phi) is 5.27. The molecule has 1 unspecified atom stereocenters. The van der Waals surface area contributed by atoms with Crippen LogP contribution in [0.4, 0.5) is 11.5 Å². The topological polar surface area (TPSA) is 45.2 Å². The molecule has 6 heteroatoms. The van der Waals surface area contributed by atoms with Crippen LogP contribution in [0, 0.1) is 5.92 Å². The van der Waals surface area contributed by atoms with Gasteiger partial charge in [-0.05, 0) is 49.1 Å². The van der Waals surface area contributed by atoms with Crippen molar-refractivity contribution in [3.8, 4) is 0 Å². The third kappa shape index (κ3) is 4.00. The number of nitrogens with zero attached hydrogens (tertiary/aromatic N) is 2. The van der Waals surface area contributed by atoms with Gasteiger partial charge in [0.05, 0.1) is 21.9 Å². The van der Waals surface area contributed by atoms with E-state index in [1.165, 1.54) is 12.8 Å². The fraction of sp³-hybridized carbons (Fsp3) is 0.333. The van der Waals surface area contributed by atoms with E-state index in [1.54, 1.807) is 18.2 Å². The van der Waals surface area contributed by atoms with E-state index in [4.69, 9.17) is 23.2 Å². The number of benzene rings is 1. The Morgan fingerprint density at radius 2 is 2.08 bits per heavy atom. The molecule has 2 heterocycles. The van der Waals surface area contributed by atoms with E-state index in [0.717, 1.165) is 18.8 Å². The normalized spacial score (nSPS) is 17.6. The Morgan fingerprint density at radius 3 is 2.75 bits per heavy atom. The van der Waals surface area contributed by atoms with Crippen molar-refractivity contribution < 1.29 is 4.79 Å². The first-order valence-electron chi connectivity index (χ1n) is 8.00. The maximum Gasteiger partial charge on any atom is 0.256 e. The van der Waals surface area contributed by atoms with Crippen molar-refractivity contribution in [2.75, 3.05) is 23.3 Å². The van der Waals surface area contributed by atoms with E-state index < -0.39 is 0 Å². The van der Waals surface area contributed by atoms with Gasteiger partial charge < -0.3 is 10.2 Å². The van der Waals surface area contributed by atoms with Gasteiger partial charge in [-0.3, -0.25) is 4.79 Å². The van der Waals surface area contributed by atoms with Crippen LogP contribution < -0.4 is 10.2 Å². The lowest BCUT2D eigenvalue weighted by molar-refractivity contribution is 0.102. The minimum Gasteiger partial charge on any atom is -0.370 e. The molecule has 4 nitrogen and oxygen atoms in total. The van der Waals surface area contributed by atoms with Crippen molar-refractivity contribution in [2.45, 2.75) is 19.8 Å². The highest BCUT2D eigenvalue weighted by molar-refractivity contribution is 6.42. The van der Waals surface area contributed by atoms with Crippen LogP contribution in [0.15, 0.2) is 36.5 Å². The minimum absolute atomic E-state index is 0.264. The zero-order valence-corrected chi connectivity index (χ0v) is 14.9. The lowest BCUT2D eigenvalue weighted by atomic mass is 10.00. The SMILES string of the molecule is CC1CCCN(c2ccc(NC(=O)c3ccc(Cl)c(Cl)c3)nc2)C1. The molecule has 2 aromatic rings. The highest BCUT2D eigenvalue weighted by atomic mass is 35.5. The summed E-state index contributed by atoms with van der Waals surface area (Å²) in [7, 11) is 0. The van der Waals surface area contributed by atoms with Crippen molar-refractivity contribution in [2.24, 2.45) is 5.92 Å². The zero-order chi connectivity index (χ0) is 17.1. The second-order valence-corrected chi connectivity index (χ2v) is 6.99. The van der Waals surface area contributed by atoms with Crippen LogP contribution in [-0.4, -0.2) is 24.0 Å². The summed E-state index contributed by atoms with van der Waals surface area (Å²) in [4.78, 5) is 18.9. The predicted molar refractivity (Wildman–Crippen MR) is 99.3 cm³/mol. The van der Waals surface area contributed by atoms with E-state index in [9.17, 15) is 4.79 Å². The molecule has 1 aliphatic heterocycles. The van der Waals surface area contributed by atoms with Gasteiger partial charge >= 0.3 is 0 Å². The molecule has 126 valence electrons. The summed E-state index contributed by atoms with van der Waals surface area (Å²) >= 11 is 11.8. The number of carbonyl (C=O) groups is 1. The molecule has 24 heavy (non-hydrogen) atoms. The van der Waals surface area contributed by atoms with Crippen LogP contribution in [0.2, 0.25) is 10.0 Å². The molecule has 1 aliphatic rings. The lowest BCUT2D eigenvalue weighted by Crippen LogP contribution is -2.34. The quantitative estimate of drug-likeness (QED) is 0.845. The van der Waals surface area contributed by atoms with E-state index in [2.05, 4.69) is 22.1 Å². The van der Waals surface area contributed by atoms with Gasteiger partial charge in [0.25, 0.3) is 5.91 Å². The molecule has 0 radical (unpaired) electrons. The number of anilines is 2. The average molecular weight is 364 g/mol. The van der Waals surface area contributed by atoms with Crippen molar-refractivity contribution in [3.63, 3.8) is 0 Å². The standard InChI is InChI=1S/C18H19Cl2N3O/c1-12-3-2-8-23(11-12)14-5-7-17(21-10-14)22-18(24)13-4-6-15(19)16(20)9-13/h4-7,9-10,12H,2-3,8,11H2,1H3,(H,21,22,24). The second-order valence-electron chi connectivity index (χ2n) is 6.18. The van der Waals surface area contributed by atoms with Crippen molar-refractivity contribution in [3.05, 3.63) is 52.1 Å². The van der Waals surface area contributed by atoms with Crippen LogP contribution in [0.25, 0.3) is 0 Å². The van der Waals surface area contributed by atoms with Crippen LogP contribution in [0.5, 0.6) is 0 Å². The van der Waals surface area contributed by atoms with E-state index in [0.29, 0.717) is 27.3 Å². The van der Waals surface area contributed by atoms with E-state index in [1.807, 2.05) is 18.3 Å². The van der Waals surface area contributed by atoms with Gasteiger partial charge in [-0.2, -0.15) is 0 Å². The first-order chi connectivity index (χ1) is 11.5. The number of piperidine rings is 1. The minimum atomic E-state index is -0.264. The van der Waals surface area contributed by atoms with E-state index in [-0.39, 0.29) is 5.91 Å². The van der Waals surface area contributed by atoms with Crippen molar-refractivity contribution in [1.29, 1.82) is 0 Å². The average Bonchev–Trinajstić information content (AvgIpc) is 2.58. The molecule has 1 amide bonds. The Bertz CT molecular complexity index is 734. The fourth-order valence-corrected chi connectivity index (χ4v) is 3.19. The van der Waals surface area contributed by atoms with Gasteiger partial charge in [0.1, 0.15) is 5.82 Å². The van der Waals surface area contributed by atoms with Gasteiger partial charge in [0.15, 0.2) is 0 Å². The molecule has 0 bridgehead atoms. The summed E-state index contributed by atoms with van der Waals surface area (Å²) in [6.45, 7) is 4.38. The molecule has 3 rings (SSSR count). The lowest BCUT2D eigenvalue weighted by Gasteiger charge is -2.32. The van der Waals surface area contributed by atoms with Crippen LogP contribution in [0.1, 0.15) is 30.1 Å². The molecule has 0 aliphatic carbocycles. The molecular weight excluding hydrogens is 345 g/mol. The molecule has 1 aromatic heterocycles. The van der Waals surface area contributed by atoms with Gasteiger partial charge in [-0.1, -0.05) is 30.1 Å². The number of aromatic nitrogens is 1. The van der Waals surface area contributed by atoms with Crippen LogP contribution in [0.3, 0.4) is 0 Å². The molecule has 1 aromatic carbocycles. The number of hydrogen-bond donors (Lipinski definition) is 1. The summed E-state index contributed by atoms with van der Waals surface area (Å²) in [5.74, 6) is 0.952. The Morgan fingerprint density at radius 1 is 1.25 bits per heavy atom. The number of halogens is 2. The Labute approximate surface area is 151 Å². The van der Waals surface area contributed by atoms with Crippen molar-refractivity contribution in [1.82, 2.24) is 4.98 Å². The number of pyridine rings is 1. The zero-order valence-electron chi connectivity index (χ0n) is 13.4. The van der Waals surface area contributed by atoms with Crippen LogP contribution >= 0.6 is 23.2 Å².